The van der Waals surface area contributed by atoms with E-state index in [0.717, 1.165) is 18.4 Å². The van der Waals surface area contributed by atoms with Crippen LogP contribution in [0.3, 0.4) is 0 Å². The summed E-state index contributed by atoms with van der Waals surface area (Å²) in [5, 5.41) is 0.0739. The van der Waals surface area contributed by atoms with Crippen molar-refractivity contribution < 1.29 is 22.3 Å². The van der Waals surface area contributed by atoms with Gasteiger partial charge in [0.15, 0.2) is 0 Å². The average Bonchev–Trinajstić information content (AvgIpc) is 3.57. The standard InChI is InChI=1S/C23H26ClFN2O4S/c1-15-12-26(13-16(2)31-15)32(29,30)22-11-18(5-10-21(22)24)23(28)27(20-8-9-20)14-17-3-6-19(25)7-4-17/h3-7,10-11,15-16,20H,8-9,12-14H2,1-2H3. The van der Waals surface area contributed by atoms with Crippen LogP contribution < -0.4 is 0 Å². The quantitative estimate of drug-likeness (QED) is 0.624. The maximum Gasteiger partial charge on any atom is 0.254 e. The molecule has 6 nitrogen and oxygen atoms in total. The number of rotatable bonds is 6. The van der Waals surface area contributed by atoms with Crippen molar-refractivity contribution in [1.82, 2.24) is 9.21 Å². The van der Waals surface area contributed by atoms with E-state index in [1.165, 1.54) is 28.6 Å². The van der Waals surface area contributed by atoms with Gasteiger partial charge in [-0.1, -0.05) is 23.7 Å². The molecular weight excluding hydrogens is 455 g/mol. The van der Waals surface area contributed by atoms with Crippen molar-refractivity contribution in [3.05, 3.63) is 64.4 Å². The molecule has 2 aromatic carbocycles. The van der Waals surface area contributed by atoms with E-state index in [1.54, 1.807) is 23.1 Å². The lowest BCUT2D eigenvalue weighted by molar-refractivity contribution is -0.0440. The zero-order valence-corrected chi connectivity index (χ0v) is 19.6. The Labute approximate surface area is 193 Å². The Morgan fingerprint density at radius 2 is 1.75 bits per heavy atom. The molecule has 2 aliphatic rings. The molecule has 1 saturated heterocycles. The molecule has 2 unspecified atom stereocenters. The van der Waals surface area contributed by atoms with Gasteiger partial charge < -0.3 is 9.64 Å². The average molecular weight is 481 g/mol. The van der Waals surface area contributed by atoms with Gasteiger partial charge in [0.05, 0.1) is 17.2 Å². The van der Waals surface area contributed by atoms with Crippen LogP contribution in [0.5, 0.6) is 0 Å². The maximum atomic E-state index is 13.3. The molecule has 0 N–H and O–H groups in total. The van der Waals surface area contributed by atoms with Gasteiger partial charge in [0.1, 0.15) is 10.7 Å². The van der Waals surface area contributed by atoms with Gasteiger partial charge in [-0.3, -0.25) is 4.79 Å². The van der Waals surface area contributed by atoms with E-state index in [4.69, 9.17) is 16.3 Å². The molecule has 2 aromatic rings. The Balaban J connectivity index is 1.62. The highest BCUT2D eigenvalue weighted by molar-refractivity contribution is 7.89. The number of nitrogens with zero attached hydrogens (tertiary/aromatic N) is 2. The minimum Gasteiger partial charge on any atom is -0.373 e. The lowest BCUT2D eigenvalue weighted by Crippen LogP contribution is -2.48. The summed E-state index contributed by atoms with van der Waals surface area (Å²) in [6.07, 6.45) is 1.29. The van der Waals surface area contributed by atoms with Gasteiger partial charge in [0, 0.05) is 31.2 Å². The molecule has 4 rings (SSSR count). The molecular formula is C23H26ClFN2O4S. The topological polar surface area (TPSA) is 66.9 Å². The van der Waals surface area contributed by atoms with Crippen LogP contribution >= 0.6 is 11.6 Å². The highest BCUT2D eigenvalue weighted by Crippen LogP contribution is 2.32. The molecule has 0 bridgehead atoms. The lowest BCUT2D eigenvalue weighted by atomic mass is 10.1. The summed E-state index contributed by atoms with van der Waals surface area (Å²) >= 11 is 6.28. The van der Waals surface area contributed by atoms with Gasteiger partial charge in [-0.15, -0.1) is 0 Å². The lowest BCUT2D eigenvalue weighted by Gasteiger charge is -2.34. The summed E-state index contributed by atoms with van der Waals surface area (Å²) < 4.78 is 46.9. The number of carbonyl (C=O) groups excluding carboxylic acids is 1. The Hall–Kier alpha value is -2.00. The summed E-state index contributed by atoms with van der Waals surface area (Å²) in [7, 11) is -3.90. The van der Waals surface area contributed by atoms with Crippen molar-refractivity contribution in [2.75, 3.05) is 13.1 Å². The van der Waals surface area contributed by atoms with Crippen LogP contribution in [0.1, 0.15) is 42.6 Å². The van der Waals surface area contributed by atoms with Crippen molar-refractivity contribution >= 4 is 27.5 Å². The second kappa shape index (κ2) is 9.09. The van der Waals surface area contributed by atoms with Gasteiger partial charge in [-0.25, -0.2) is 12.8 Å². The number of ether oxygens (including phenoxy) is 1. The van der Waals surface area contributed by atoms with Crippen molar-refractivity contribution in [2.45, 2.75) is 56.4 Å². The zero-order chi connectivity index (χ0) is 23.0. The van der Waals surface area contributed by atoms with Crippen LogP contribution in [-0.4, -0.2) is 54.9 Å². The SMILES string of the molecule is CC1CN(S(=O)(=O)c2cc(C(=O)N(Cc3ccc(F)cc3)C3CC3)ccc2Cl)CC(C)O1. The molecule has 9 heteroatoms. The number of hydrogen-bond acceptors (Lipinski definition) is 4. The van der Waals surface area contributed by atoms with Gasteiger partial charge in [-0.05, 0) is 62.6 Å². The number of halogens is 2. The number of carbonyl (C=O) groups is 1. The van der Waals surface area contributed by atoms with E-state index in [0.29, 0.717) is 6.54 Å². The van der Waals surface area contributed by atoms with E-state index in [2.05, 4.69) is 0 Å². The van der Waals surface area contributed by atoms with Crippen molar-refractivity contribution in [2.24, 2.45) is 0 Å². The van der Waals surface area contributed by atoms with E-state index >= 15 is 0 Å². The zero-order valence-electron chi connectivity index (χ0n) is 18.0. The van der Waals surface area contributed by atoms with E-state index in [1.807, 2.05) is 13.8 Å². The van der Waals surface area contributed by atoms with Crippen LogP contribution in [0.2, 0.25) is 5.02 Å². The predicted octanol–water partition coefficient (Wildman–Crippen LogP) is 4.08. The van der Waals surface area contributed by atoms with Gasteiger partial charge >= 0.3 is 0 Å². The summed E-state index contributed by atoms with van der Waals surface area (Å²) in [5.41, 5.74) is 1.07. The largest absolute Gasteiger partial charge is 0.373 e. The molecule has 1 heterocycles. The molecule has 1 amide bonds. The summed E-state index contributed by atoms with van der Waals surface area (Å²) in [6, 6.07) is 10.5. The van der Waals surface area contributed by atoms with Crippen LogP contribution in [-0.2, 0) is 21.3 Å². The third-order valence-electron chi connectivity index (χ3n) is 5.70. The smallest absolute Gasteiger partial charge is 0.254 e. The first-order valence-corrected chi connectivity index (χ1v) is 12.5. The molecule has 2 atom stereocenters. The minimum absolute atomic E-state index is 0.0739. The van der Waals surface area contributed by atoms with Crippen molar-refractivity contribution in [3.8, 4) is 0 Å². The van der Waals surface area contributed by atoms with Crippen LogP contribution in [0.15, 0.2) is 47.4 Å². The number of benzene rings is 2. The van der Waals surface area contributed by atoms with Crippen LogP contribution in [0.4, 0.5) is 4.39 Å². The number of sulfonamides is 1. The third-order valence-corrected chi connectivity index (χ3v) is 8.01. The Kier molecular flexibility index (Phi) is 6.58. The number of amides is 1. The number of hydrogen-bond donors (Lipinski definition) is 0. The van der Waals surface area contributed by atoms with Gasteiger partial charge in [0.2, 0.25) is 10.0 Å². The fraction of sp³-hybridized carbons (Fsp3) is 0.435. The van der Waals surface area contributed by atoms with Crippen molar-refractivity contribution in [3.63, 3.8) is 0 Å². The third kappa shape index (κ3) is 4.98. The second-order valence-corrected chi connectivity index (χ2v) is 10.8. The molecule has 0 radical (unpaired) electrons. The highest BCUT2D eigenvalue weighted by atomic mass is 35.5. The first kappa shape index (κ1) is 23.2. The number of morpholine rings is 1. The summed E-state index contributed by atoms with van der Waals surface area (Å²) in [4.78, 5) is 15.0. The second-order valence-electron chi connectivity index (χ2n) is 8.52. The summed E-state index contributed by atoms with van der Waals surface area (Å²) in [6.45, 7) is 4.41. The first-order chi connectivity index (χ1) is 15.1. The van der Waals surface area contributed by atoms with E-state index < -0.39 is 10.0 Å². The maximum absolute atomic E-state index is 13.3. The van der Waals surface area contributed by atoms with Gasteiger partial charge in [0.25, 0.3) is 5.91 Å². The molecule has 172 valence electrons. The normalized spacial score (nSPS) is 22.0. The Morgan fingerprint density at radius 3 is 2.34 bits per heavy atom. The fourth-order valence-corrected chi connectivity index (χ4v) is 6.10. The molecule has 2 fully saturated rings. The molecule has 1 saturated carbocycles. The van der Waals surface area contributed by atoms with E-state index in [9.17, 15) is 17.6 Å². The van der Waals surface area contributed by atoms with Crippen LogP contribution in [0, 0.1) is 5.82 Å². The fourth-order valence-electron chi connectivity index (χ4n) is 4.01. The van der Waals surface area contributed by atoms with Gasteiger partial charge in [-0.2, -0.15) is 4.31 Å². The van der Waals surface area contributed by atoms with Crippen molar-refractivity contribution in [1.29, 1.82) is 0 Å². The van der Waals surface area contributed by atoms with Crippen LogP contribution in [0.25, 0.3) is 0 Å². The monoisotopic (exact) mass is 480 g/mol. The molecule has 1 aliphatic carbocycles. The Morgan fingerprint density at radius 1 is 1.12 bits per heavy atom. The molecule has 0 spiro atoms. The predicted molar refractivity (Wildman–Crippen MR) is 120 cm³/mol. The summed E-state index contributed by atoms with van der Waals surface area (Å²) in [5.74, 6) is -0.606. The molecule has 0 aromatic heterocycles. The molecule has 32 heavy (non-hydrogen) atoms. The Bertz CT molecular complexity index is 1100. The highest BCUT2D eigenvalue weighted by Gasteiger charge is 2.36. The first-order valence-electron chi connectivity index (χ1n) is 10.7. The van der Waals surface area contributed by atoms with E-state index in [-0.39, 0.29) is 58.5 Å². The molecule has 1 aliphatic heterocycles. The minimum atomic E-state index is -3.90.